The van der Waals surface area contributed by atoms with Crippen LogP contribution in [0.3, 0.4) is 0 Å². The first-order valence-electron chi connectivity index (χ1n) is 26.5. The van der Waals surface area contributed by atoms with E-state index in [4.69, 9.17) is 0 Å². The van der Waals surface area contributed by atoms with Gasteiger partial charge in [0.05, 0.1) is 32.3 Å². The summed E-state index contributed by atoms with van der Waals surface area (Å²) in [6.45, 7) is 34.2. The predicted octanol–water partition coefficient (Wildman–Crippen LogP) is 12.1. The van der Waals surface area contributed by atoms with E-state index in [1.807, 2.05) is 0 Å². The third-order valence-corrected chi connectivity index (χ3v) is 22.2. The summed E-state index contributed by atoms with van der Waals surface area (Å²) in [7, 11) is -5.99. The molecule has 0 spiro atoms. The Hall–Kier alpha value is -4.47. The van der Waals surface area contributed by atoms with Gasteiger partial charge in [-0.3, -0.25) is 0 Å². The molecule has 0 fully saturated rings. The standard InChI is InChI=1S/2C33H35Si2.C2H6Si.2ClH.Zr/c2*1-34(2,3)29-20-28(21-30(23-29)35(4,5)6)33-31(25-15-11-8-12-16-25)18-17-26-19-27(22-32(26)33)24-13-9-7-10-14-24;1-3-2;;;/h2*7-23H,1-6H3;1-2H3;2*1H;/q2*-1;;;;+2/p-2. The largest absolute Gasteiger partial charge is 1.00 e. The van der Waals surface area contributed by atoms with E-state index in [0.29, 0.717) is 0 Å². The summed E-state index contributed by atoms with van der Waals surface area (Å²) in [5, 5.41) is 11.5. The quantitative estimate of drug-likeness (QED) is 0.0946. The van der Waals surface area contributed by atoms with E-state index in [2.05, 4.69) is 298 Å². The van der Waals surface area contributed by atoms with Gasteiger partial charge in [0, 0.05) is 0 Å². The average molecular weight is 1200 g/mol. The van der Waals surface area contributed by atoms with Crippen LogP contribution in [0.25, 0.3) is 88.3 Å². The summed E-state index contributed by atoms with van der Waals surface area (Å²) < 4.78 is 0. The van der Waals surface area contributed by atoms with E-state index in [-0.39, 0.29) is 30.2 Å². The monoisotopic (exact) mass is 1190 g/mol. The number of halogens is 2. The molecule has 0 amide bonds. The summed E-state index contributed by atoms with van der Waals surface area (Å²) in [5.41, 5.74) is 16.0. The van der Waals surface area contributed by atoms with Crippen molar-refractivity contribution in [3.8, 4) is 66.8 Å². The van der Waals surface area contributed by atoms with Crippen molar-refractivity contribution in [2.45, 2.75) is 91.7 Å². The summed E-state index contributed by atoms with van der Waals surface area (Å²) >= 11 is 1.74. The zero-order valence-electron chi connectivity index (χ0n) is 47.4. The minimum atomic E-state index is -1.50. The topological polar surface area (TPSA) is 0 Å². The Balaban J connectivity index is 0.000000225. The Morgan fingerprint density at radius 3 is 0.816 bits per heavy atom. The molecule has 10 rings (SSSR count). The van der Waals surface area contributed by atoms with Gasteiger partial charge in [-0.25, -0.2) is 0 Å². The van der Waals surface area contributed by atoms with Crippen LogP contribution in [-0.4, -0.2) is 37.7 Å². The first kappa shape index (κ1) is 60.8. The van der Waals surface area contributed by atoms with Crippen LogP contribution in [0.5, 0.6) is 0 Å². The second-order valence-corrected chi connectivity index (χ2v) is 54.2. The molecule has 388 valence electrons. The Kier molecular flexibility index (Phi) is 20.1. The molecule has 0 bridgehead atoms. The van der Waals surface area contributed by atoms with Gasteiger partial charge in [-0.05, 0) is 44.5 Å². The van der Waals surface area contributed by atoms with Gasteiger partial charge in [0.15, 0.2) is 0 Å². The van der Waals surface area contributed by atoms with E-state index < -0.39 is 32.3 Å². The summed E-state index contributed by atoms with van der Waals surface area (Å²) in [6, 6.07) is 77.2. The van der Waals surface area contributed by atoms with Crippen LogP contribution in [0.1, 0.15) is 0 Å². The normalized spacial score (nSPS) is 11.7. The van der Waals surface area contributed by atoms with Crippen LogP contribution < -0.4 is 45.6 Å². The third-order valence-electron chi connectivity index (χ3n) is 14.1. The van der Waals surface area contributed by atoms with E-state index >= 15 is 0 Å². The van der Waals surface area contributed by atoms with Crippen molar-refractivity contribution in [2.24, 2.45) is 0 Å². The molecular formula is C68H76Cl2Si5Zr-2. The molecule has 0 N–H and O–H groups in total. The van der Waals surface area contributed by atoms with Gasteiger partial charge in [-0.2, -0.15) is 0 Å². The maximum absolute atomic E-state index is 2.53. The molecule has 0 aliphatic rings. The smallest absolute Gasteiger partial charge is 1.00 e. The van der Waals surface area contributed by atoms with E-state index in [1.165, 1.54) is 88.3 Å². The Morgan fingerprint density at radius 1 is 0.316 bits per heavy atom. The molecule has 8 heteroatoms. The van der Waals surface area contributed by atoms with E-state index in [9.17, 15) is 0 Å². The molecule has 0 unspecified atom stereocenters. The van der Waals surface area contributed by atoms with Crippen LogP contribution in [0, 0.1) is 0 Å². The maximum atomic E-state index is 2.53. The van der Waals surface area contributed by atoms with Crippen LogP contribution in [0.2, 0.25) is 91.7 Å². The van der Waals surface area contributed by atoms with Crippen molar-refractivity contribution in [2.75, 3.05) is 0 Å². The van der Waals surface area contributed by atoms with Crippen LogP contribution in [0.4, 0.5) is 0 Å². The molecule has 76 heavy (non-hydrogen) atoms. The molecule has 0 aliphatic carbocycles. The fourth-order valence-electron chi connectivity index (χ4n) is 9.77. The maximum Gasteiger partial charge on any atom is -1.00 e. The minimum absolute atomic E-state index is 0. The number of rotatable bonds is 10. The SMILES string of the molecule is C[Si](C)(C)c1cc(-c2c(-c3ccccc3)ccc3[cH-]c(-c4ccccc4)cc23)cc([Si](C)(C)C)c1.C[Si](C)(C)c1cc(-c2c(-c3ccccc3)ccc3[cH-]c(-c4ccccc4)cc23)cc([Si](C)(C)C)c1.C[Si](C)=[Zr+2].[Cl-].[Cl-]. The minimum Gasteiger partial charge on any atom is -1.00 e. The van der Waals surface area contributed by atoms with Gasteiger partial charge in [-0.15, -0.1) is 69.1 Å². The third kappa shape index (κ3) is 14.6. The first-order chi connectivity index (χ1) is 35.0. The summed E-state index contributed by atoms with van der Waals surface area (Å²) in [5.74, 6) is 0. The van der Waals surface area contributed by atoms with Crippen molar-refractivity contribution < 1.29 is 48.1 Å². The first-order valence-corrected chi connectivity index (χ1v) is 46.7. The zero-order chi connectivity index (χ0) is 53.2. The summed E-state index contributed by atoms with van der Waals surface area (Å²) in [6.07, 6.45) is 0. The molecular weight excluding hydrogens is 1120 g/mol. The second kappa shape index (κ2) is 25.1. The number of benzene rings is 8. The number of hydrogen-bond acceptors (Lipinski definition) is 0. The Bertz CT molecular complexity index is 3250. The number of hydrogen-bond donors (Lipinski definition) is 0. The van der Waals surface area contributed by atoms with E-state index in [0.717, 1.165) is 0 Å². The summed E-state index contributed by atoms with van der Waals surface area (Å²) in [4.78, 5) is 0. The number of fused-ring (bicyclic) bond motifs is 2. The predicted molar refractivity (Wildman–Crippen MR) is 341 cm³/mol. The van der Waals surface area contributed by atoms with Crippen molar-refractivity contribution in [3.63, 3.8) is 0 Å². The molecule has 0 heterocycles. The van der Waals surface area contributed by atoms with Gasteiger partial charge < -0.3 is 24.8 Å². The molecule has 0 saturated heterocycles. The van der Waals surface area contributed by atoms with E-state index in [1.54, 1.807) is 44.1 Å². The van der Waals surface area contributed by atoms with Crippen LogP contribution >= 0.6 is 0 Å². The molecule has 10 aromatic rings. The van der Waals surface area contributed by atoms with Gasteiger partial charge in [0.2, 0.25) is 0 Å². The molecule has 0 radical (unpaired) electrons. The zero-order valence-corrected chi connectivity index (χ0v) is 56.4. The van der Waals surface area contributed by atoms with Crippen LogP contribution in [0.15, 0.2) is 206 Å². The van der Waals surface area contributed by atoms with Crippen molar-refractivity contribution >= 4 is 80.0 Å². The van der Waals surface area contributed by atoms with Gasteiger partial charge >= 0.3 is 41.9 Å². The Morgan fingerprint density at radius 2 is 0.566 bits per heavy atom. The van der Waals surface area contributed by atoms with Crippen molar-refractivity contribution in [1.29, 1.82) is 0 Å². The molecule has 10 aromatic carbocycles. The fraction of sp³-hybridized carbons (Fsp3) is 0.206. The molecule has 0 aliphatic heterocycles. The van der Waals surface area contributed by atoms with Crippen LogP contribution in [-0.2, 0) is 23.3 Å². The fourth-order valence-corrected chi connectivity index (χ4v) is 14.8. The second-order valence-electron chi connectivity index (χ2n) is 24.5. The molecule has 0 atom stereocenters. The van der Waals surface area contributed by atoms with Gasteiger partial charge in [0.25, 0.3) is 0 Å². The van der Waals surface area contributed by atoms with Gasteiger partial charge in [0.1, 0.15) is 0 Å². The average Bonchev–Trinajstić information content (AvgIpc) is 4.01. The van der Waals surface area contributed by atoms with Crippen molar-refractivity contribution in [1.82, 2.24) is 0 Å². The molecule has 0 nitrogen and oxygen atoms in total. The molecule has 0 aromatic heterocycles. The Labute approximate surface area is 488 Å². The van der Waals surface area contributed by atoms with Gasteiger partial charge in [-0.1, -0.05) is 280 Å². The van der Waals surface area contributed by atoms with Crippen molar-refractivity contribution in [3.05, 3.63) is 206 Å². The molecule has 0 saturated carbocycles.